The van der Waals surface area contributed by atoms with E-state index in [2.05, 4.69) is 40.0 Å². The van der Waals surface area contributed by atoms with Crippen molar-refractivity contribution in [3.8, 4) is 0 Å². The second-order valence-corrected chi connectivity index (χ2v) is 5.82. The van der Waals surface area contributed by atoms with Crippen LogP contribution in [0.1, 0.15) is 18.4 Å². The normalized spacial score (nSPS) is 14.8. The van der Waals surface area contributed by atoms with Crippen molar-refractivity contribution >= 4 is 33.2 Å². The van der Waals surface area contributed by atoms with Crippen LogP contribution in [0, 0.1) is 5.92 Å². The molecule has 0 aromatic heterocycles. The van der Waals surface area contributed by atoms with E-state index in [0.717, 1.165) is 47.3 Å². The minimum absolute atomic E-state index is 0.783. The maximum Gasteiger partial charge on any atom is 0.0641 e. The summed E-state index contributed by atoms with van der Waals surface area (Å²) in [6.45, 7) is 2.61. The molecule has 4 heteroatoms. The molecule has 1 fully saturated rings. The Kier molecular flexibility index (Phi) is 5.34. The highest BCUT2D eigenvalue weighted by atomic mass is 79.9. The van der Waals surface area contributed by atoms with Gasteiger partial charge in [0.1, 0.15) is 0 Å². The molecule has 1 aliphatic carbocycles. The number of hydrogen-bond acceptors (Lipinski definition) is 2. The van der Waals surface area contributed by atoms with Gasteiger partial charge >= 0.3 is 0 Å². The van der Waals surface area contributed by atoms with E-state index in [9.17, 15) is 0 Å². The average molecular weight is 333 g/mol. The van der Waals surface area contributed by atoms with Crippen molar-refractivity contribution in [2.45, 2.75) is 18.2 Å². The molecule has 0 heterocycles. The molecule has 0 N–H and O–H groups in total. The van der Waals surface area contributed by atoms with Gasteiger partial charge < -0.3 is 9.64 Å². The molecule has 0 amide bonds. The second-order valence-electron chi connectivity index (χ2n) is 4.85. The molecule has 2 nitrogen and oxygen atoms in total. The van der Waals surface area contributed by atoms with E-state index in [1.165, 1.54) is 12.8 Å². The smallest absolute Gasteiger partial charge is 0.0641 e. The molecule has 0 aliphatic heterocycles. The van der Waals surface area contributed by atoms with Gasteiger partial charge in [0.25, 0.3) is 0 Å². The first-order chi connectivity index (χ1) is 8.70. The molecular formula is C14H19BrClNO. The van der Waals surface area contributed by atoms with Crippen molar-refractivity contribution in [1.82, 2.24) is 0 Å². The Morgan fingerprint density at radius 1 is 1.44 bits per heavy atom. The molecule has 2 rings (SSSR count). The summed E-state index contributed by atoms with van der Waals surface area (Å²) in [4.78, 5) is 2.18. The van der Waals surface area contributed by atoms with Crippen LogP contribution in [-0.2, 0) is 10.1 Å². The van der Waals surface area contributed by atoms with E-state index in [-0.39, 0.29) is 0 Å². The molecule has 0 bridgehead atoms. The fraction of sp³-hybridized carbons (Fsp3) is 0.571. The summed E-state index contributed by atoms with van der Waals surface area (Å²) in [6.07, 6.45) is 2.69. The molecular weight excluding hydrogens is 314 g/mol. The highest BCUT2D eigenvalue weighted by Gasteiger charge is 2.20. The zero-order valence-electron chi connectivity index (χ0n) is 10.7. The van der Waals surface area contributed by atoms with Gasteiger partial charge in [-0.15, -0.1) is 0 Å². The summed E-state index contributed by atoms with van der Waals surface area (Å²) in [5.41, 5.74) is 2.26. The summed E-state index contributed by atoms with van der Waals surface area (Å²) >= 11 is 9.62. The van der Waals surface area contributed by atoms with Gasteiger partial charge in [0.05, 0.1) is 6.61 Å². The molecule has 0 saturated heterocycles. The molecule has 100 valence electrons. The number of nitrogens with zero attached hydrogens (tertiary/aromatic N) is 1. The molecule has 0 radical (unpaired) electrons. The van der Waals surface area contributed by atoms with E-state index >= 15 is 0 Å². The van der Waals surface area contributed by atoms with Crippen molar-refractivity contribution < 1.29 is 4.74 Å². The van der Waals surface area contributed by atoms with Crippen molar-refractivity contribution in [1.29, 1.82) is 0 Å². The van der Waals surface area contributed by atoms with Gasteiger partial charge in [-0.05, 0) is 36.5 Å². The number of likely N-dealkylation sites (N-methyl/N-ethyl adjacent to an activating group) is 1. The largest absolute Gasteiger partial charge is 0.379 e. The Balaban J connectivity index is 1.79. The lowest BCUT2D eigenvalue weighted by atomic mass is 10.2. The number of hydrogen-bond donors (Lipinski definition) is 0. The van der Waals surface area contributed by atoms with Crippen molar-refractivity contribution in [3.05, 3.63) is 28.8 Å². The number of ether oxygens (including phenoxy) is 1. The summed E-state index contributed by atoms with van der Waals surface area (Å²) in [7, 11) is 2.07. The van der Waals surface area contributed by atoms with Crippen molar-refractivity contribution in [2.75, 3.05) is 31.7 Å². The van der Waals surface area contributed by atoms with Gasteiger partial charge in [0.2, 0.25) is 0 Å². The Hall–Kier alpha value is -0.250. The first kappa shape index (κ1) is 14.2. The van der Waals surface area contributed by atoms with E-state index in [1.807, 2.05) is 6.07 Å². The van der Waals surface area contributed by atoms with Crippen molar-refractivity contribution in [3.63, 3.8) is 0 Å². The maximum atomic E-state index is 6.20. The number of rotatable bonds is 7. The molecule has 0 spiro atoms. The van der Waals surface area contributed by atoms with Gasteiger partial charge in [-0.3, -0.25) is 0 Å². The standard InChI is InChI=1S/C14H19BrClNO/c1-17(6-7-18-10-11-2-3-11)13-5-4-12(9-15)14(16)8-13/h4-5,8,11H,2-3,6-7,9-10H2,1H3. The van der Waals surface area contributed by atoms with E-state index in [1.54, 1.807) is 0 Å². The summed E-state index contributed by atoms with van der Waals surface area (Å²) in [5, 5.41) is 1.61. The summed E-state index contributed by atoms with van der Waals surface area (Å²) in [5.74, 6) is 0.836. The van der Waals surface area contributed by atoms with Gasteiger partial charge in [-0.25, -0.2) is 0 Å². The highest BCUT2D eigenvalue weighted by molar-refractivity contribution is 9.08. The van der Waals surface area contributed by atoms with Crippen LogP contribution in [0.5, 0.6) is 0 Å². The van der Waals surface area contributed by atoms with Crippen LogP contribution in [0.15, 0.2) is 18.2 Å². The van der Waals surface area contributed by atoms with E-state index in [0.29, 0.717) is 0 Å². The summed E-state index contributed by atoms with van der Waals surface area (Å²) < 4.78 is 5.64. The fourth-order valence-corrected chi connectivity index (χ4v) is 2.64. The van der Waals surface area contributed by atoms with Crippen LogP contribution in [0.3, 0.4) is 0 Å². The Labute approximate surface area is 122 Å². The molecule has 1 aromatic carbocycles. The lowest BCUT2D eigenvalue weighted by Gasteiger charge is -2.20. The van der Waals surface area contributed by atoms with Crippen LogP contribution in [0.2, 0.25) is 5.02 Å². The predicted octanol–water partition coefficient (Wildman–Crippen LogP) is 4.10. The van der Waals surface area contributed by atoms with E-state index in [4.69, 9.17) is 16.3 Å². The SMILES string of the molecule is CN(CCOCC1CC1)c1ccc(CBr)c(Cl)c1. The van der Waals surface area contributed by atoms with Gasteiger partial charge in [0.15, 0.2) is 0 Å². The summed E-state index contributed by atoms with van der Waals surface area (Å²) in [6, 6.07) is 6.18. The van der Waals surface area contributed by atoms with E-state index < -0.39 is 0 Å². The molecule has 1 saturated carbocycles. The lowest BCUT2D eigenvalue weighted by Crippen LogP contribution is -2.22. The Bertz CT molecular complexity index is 395. The van der Waals surface area contributed by atoms with Crippen LogP contribution in [0.25, 0.3) is 0 Å². The predicted molar refractivity (Wildman–Crippen MR) is 80.9 cm³/mol. The first-order valence-electron chi connectivity index (χ1n) is 6.34. The fourth-order valence-electron chi connectivity index (χ4n) is 1.75. The third-order valence-electron chi connectivity index (χ3n) is 3.24. The number of anilines is 1. The first-order valence-corrected chi connectivity index (χ1v) is 7.84. The second kappa shape index (κ2) is 6.78. The van der Waals surface area contributed by atoms with Crippen LogP contribution in [0.4, 0.5) is 5.69 Å². The number of halogens is 2. The molecule has 0 atom stereocenters. The molecule has 0 unspecified atom stereocenters. The van der Waals surface area contributed by atoms with Crippen LogP contribution < -0.4 is 4.90 Å². The van der Waals surface area contributed by atoms with Gasteiger partial charge in [0, 0.05) is 36.2 Å². The molecule has 1 aliphatic rings. The number of alkyl halides is 1. The Morgan fingerprint density at radius 2 is 2.22 bits per heavy atom. The Morgan fingerprint density at radius 3 is 2.83 bits per heavy atom. The zero-order chi connectivity index (χ0) is 13.0. The molecule has 1 aromatic rings. The third-order valence-corrected chi connectivity index (χ3v) is 4.20. The van der Waals surface area contributed by atoms with Gasteiger partial charge in [-0.2, -0.15) is 0 Å². The quantitative estimate of drug-likeness (QED) is 0.550. The van der Waals surface area contributed by atoms with Crippen LogP contribution >= 0.6 is 27.5 Å². The maximum absolute atomic E-state index is 6.20. The van der Waals surface area contributed by atoms with Crippen molar-refractivity contribution in [2.24, 2.45) is 5.92 Å². The van der Waals surface area contributed by atoms with Gasteiger partial charge in [-0.1, -0.05) is 33.6 Å². The topological polar surface area (TPSA) is 12.5 Å². The zero-order valence-corrected chi connectivity index (χ0v) is 13.0. The number of benzene rings is 1. The average Bonchev–Trinajstić information content (AvgIpc) is 3.18. The molecule has 18 heavy (non-hydrogen) atoms. The minimum atomic E-state index is 0.783. The highest BCUT2D eigenvalue weighted by Crippen LogP contribution is 2.28. The third kappa shape index (κ3) is 4.15. The lowest BCUT2D eigenvalue weighted by molar-refractivity contribution is 0.131. The minimum Gasteiger partial charge on any atom is -0.379 e. The monoisotopic (exact) mass is 331 g/mol. The van der Waals surface area contributed by atoms with Crippen LogP contribution in [-0.4, -0.2) is 26.8 Å².